The Morgan fingerprint density at radius 2 is 2.07 bits per heavy atom. The number of carbonyl (C=O) groups excluding carboxylic acids is 1. The average Bonchev–Trinajstić information content (AvgIpc) is 2.84. The number of nitrogens with zero attached hydrogens (tertiary/aromatic N) is 1. The molecule has 1 aliphatic carbocycles. The van der Waals surface area contributed by atoms with Crippen molar-refractivity contribution >= 4 is 12.0 Å². The molecule has 84 valence electrons. The zero-order valence-corrected chi connectivity index (χ0v) is 9.04. The molecule has 5 nitrogen and oxygen atoms in total. The van der Waals surface area contributed by atoms with Gasteiger partial charge in [0.25, 0.3) is 0 Å². The summed E-state index contributed by atoms with van der Waals surface area (Å²) in [4.78, 5) is 23.8. The van der Waals surface area contributed by atoms with Crippen molar-refractivity contribution in [3.05, 3.63) is 12.2 Å². The molecule has 1 saturated carbocycles. The van der Waals surface area contributed by atoms with E-state index in [1.807, 2.05) is 6.92 Å². The Morgan fingerprint density at radius 3 is 2.40 bits per heavy atom. The van der Waals surface area contributed by atoms with E-state index in [1.165, 1.54) is 4.90 Å². The van der Waals surface area contributed by atoms with Crippen LogP contribution in [0.2, 0.25) is 0 Å². The van der Waals surface area contributed by atoms with Gasteiger partial charge in [-0.3, -0.25) is 0 Å². The third-order valence-corrected chi connectivity index (χ3v) is 2.36. The Kier molecular flexibility index (Phi) is 3.02. The molecule has 0 aromatic heterocycles. The molecule has 1 aliphatic rings. The molecule has 0 heterocycles. The zero-order valence-electron chi connectivity index (χ0n) is 9.04. The number of likely N-dealkylation sites (N-methyl/N-ethyl adjacent to an activating group) is 1. The molecular weight excluding hydrogens is 196 g/mol. The van der Waals surface area contributed by atoms with Gasteiger partial charge in [-0.15, -0.1) is 0 Å². The molecule has 0 aromatic rings. The maximum Gasteiger partial charge on any atom is 0.329 e. The highest BCUT2D eigenvalue weighted by Crippen LogP contribution is 2.35. The number of aliphatic carboxylic acids is 1. The highest BCUT2D eigenvalue weighted by molar-refractivity contribution is 5.88. The summed E-state index contributed by atoms with van der Waals surface area (Å²) in [5.74, 6) is -0.959. The van der Waals surface area contributed by atoms with Crippen LogP contribution in [0.1, 0.15) is 19.8 Å². The van der Waals surface area contributed by atoms with Crippen LogP contribution < -0.4 is 5.32 Å². The zero-order chi connectivity index (χ0) is 11.6. The van der Waals surface area contributed by atoms with E-state index in [0.717, 1.165) is 5.57 Å². The maximum atomic E-state index is 11.5. The van der Waals surface area contributed by atoms with Gasteiger partial charge in [-0.1, -0.05) is 12.2 Å². The molecule has 2 N–H and O–H groups in total. The summed E-state index contributed by atoms with van der Waals surface area (Å²) in [6.45, 7) is 5.93. The van der Waals surface area contributed by atoms with E-state index in [9.17, 15) is 9.59 Å². The van der Waals surface area contributed by atoms with Crippen LogP contribution in [0.15, 0.2) is 12.2 Å². The van der Waals surface area contributed by atoms with Crippen molar-refractivity contribution in [2.24, 2.45) is 0 Å². The monoisotopic (exact) mass is 212 g/mol. The van der Waals surface area contributed by atoms with Gasteiger partial charge in [0.15, 0.2) is 0 Å². The number of carbonyl (C=O) groups is 2. The Labute approximate surface area is 88.8 Å². The minimum atomic E-state index is -1.01. The largest absolute Gasteiger partial charge is 0.480 e. The van der Waals surface area contributed by atoms with Crippen molar-refractivity contribution in [1.82, 2.24) is 10.2 Å². The van der Waals surface area contributed by atoms with E-state index in [2.05, 4.69) is 11.9 Å². The van der Waals surface area contributed by atoms with Crippen LogP contribution in [-0.4, -0.2) is 41.1 Å². The molecule has 1 rings (SSSR count). The van der Waals surface area contributed by atoms with Crippen molar-refractivity contribution in [3.63, 3.8) is 0 Å². The number of urea groups is 1. The van der Waals surface area contributed by atoms with E-state index < -0.39 is 11.5 Å². The average molecular weight is 212 g/mol. The Bertz CT molecular complexity index is 308. The summed E-state index contributed by atoms with van der Waals surface area (Å²) >= 11 is 0. The molecule has 5 heteroatoms. The van der Waals surface area contributed by atoms with E-state index in [1.54, 1.807) is 7.05 Å². The molecule has 15 heavy (non-hydrogen) atoms. The third kappa shape index (κ3) is 2.71. The predicted octanol–water partition coefficient (Wildman–Crippen LogP) is 0.821. The van der Waals surface area contributed by atoms with Crippen LogP contribution in [0.4, 0.5) is 4.79 Å². The normalized spacial score (nSPS) is 16.7. The maximum absolute atomic E-state index is 11.5. The van der Waals surface area contributed by atoms with Crippen molar-refractivity contribution < 1.29 is 14.7 Å². The summed E-state index contributed by atoms with van der Waals surface area (Å²) < 4.78 is 0. The SMILES string of the molecule is C=C(C)CN(C)C(=O)NC1(C(=O)O)CC1. The number of hydrogen-bond acceptors (Lipinski definition) is 2. The van der Waals surface area contributed by atoms with E-state index >= 15 is 0 Å². The Morgan fingerprint density at radius 1 is 1.53 bits per heavy atom. The molecule has 0 aliphatic heterocycles. The van der Waals surface area contributed by atoms with Gasteiger partial charge in [0.2, 0.25) is 0 Å². The molecule has 0 saturated heterocycles. The number of carboxylic acid groups (broad SMARTS) is 1. The summed E-state index contributed by atoms with van der Waals surface area (Å²) in [5.41, 5.74) is -0.159. The third-order valence-electron chi connectivity index (χ3n) is 2.36. The lowest BCUT2D eigenvalue weighted by atomic mass is 10.3. The van der Waals surface area contributed by atoms with Gasteiger partial charge in [-0.05, 0) is 19.8 Å². The summed E-state index contributed by atoms with van der Waals surface area (Å²) in [5, 5.41) is 11.4. The summed E-state index contributed by atoms with van der Waals surface area (Å²) in [6, 6.07) is -0.363. The van der Waals surface area contributed by atoms with Gasteiger partial charge in [0.1, 0.15) is 5.54 Å². The van der Waals surface area contributed by atoms with Crippen molar-refractivity contribution in [2.45, 2.75) is 25.3 Å². The fourth-order valence-electron chi connectivity index (χ4n) is 1.29. The lowest BCUT2D eigenvalue weighted by molar-refractivity contribution is -0.140. The predicted molar refractivity (Wildman–Crippen MR) is 55.6 cm³/mol. The van der Waals surface area contributed by atoms with Crippen LogP contribution in [0, 0.1) is 0 Å². The number of carboxylic acids is 1. The highest BCUT2D eigenvalue weighted by Gasteiger charge is 2.52. The Hall–Kier alpha value is -1.52. The summed E-state index contributed by atoms with van der Waals surface area (Å²) in [7, 11) is 1.61. The van der Waals surface area contributed by atoms with Crippen LogP contribution in [0.25, 0.3) is 0 Å². The molecule has 0 radical (unpaired) electrons. The van der Waals surface area contributed by atoms with Gasteiger partial charge in [0, 0.05) is 13.6 Å². The van der Waals surface area contributed by atoms with Gasteiger partial charge in [-0.2, -0.15) is 0 Å². The quantitative estimate of drug-likeness (QED) is 0.678. The van der Waals surface area contributed by atoms with E-state index in [0.29, 0.717) is 19.4 Å². The number of amides is 2. The van der Waals surface area contributed by atoms with Gasteiger partial charge in [0.05, 0.1) is 0 Å². The molecule has 0 aromatic carbocycles. The van der Waals surface area contributed by atoms with Crippen LogP contribution in [0.5, 0.6) is 0 Å². The van der Waals surface area contributed by atoms with Gasteiger partial charge >= 0.3 is 12.0 Å². The van der Waals surface area contributed by atoms with Gasteiger partial charge in [-0.25, -0.2) is 9.59 Å². The van der Waals surface area contributed by atoms with E-state index in [4.69, 9.17) is 5.11 Å². The first-order valence-electron chi connectivity index (χ1n) is 4.78. The first kappa shape index (κ1) is 11.6. The van der Waals surface area contributed by atoms with Crippen LogP contribution in [-0.2, 0) is 4.79 Å². The number of hydrogen-bond donors (Lipinski definition) is 2. The van der Waals surface area contributed by atoms with Crippen molar-refractivity contribution in [3.8, 4) is 0 Å². The van der Waals surface area contributed by atoms with E-state index in [-0.39, 0.29) is 6.03 Å². The molecule has 2 amide bonds. The topological polar surface area (TPSA) is 69.6 Å². The number of nitrogens with one attached hydrogen (secondary N) is 1. The molecule has 1 fully saturated rings. The van der Waals surface area contributed by atoms with Gasteiger partial charge < -0.3 is 15.3 Å². The molecule has 0 atom stereocenters. The second-order valence-electron chi connectivity index (χ2n) is 4.13. The minimum Gasteiger partial charge on any atom is -0.480 e. The molecule has 0 bridgehead atoms. The second-order valence-corrected chi connectivity index (χ2v) is 4.13. The minimum absolute atomic E-state index is 0.363. The smallest absolute Gasteiger partial charge is 0.329 e. The second kappa shape index (κ2) is 3.92. The first-order valence-corrected chi connectivity index (χ1v) is 4.78. The fourth-order valence-corrected chi connectivity index (χ4v) is 1.29. The number of rotatable bonds is 4. The molecular formula is C10H16N2O3. The standard InChI is InChI=1S/C10H16N2O3/c1-7(2)6-12(3)9(15)11-10(4-5-10)8(13)14/h1,4-6H2,2-3H3,(H,11,15)(H,13,14). The van der Waals surface area contributed by atoms with Crippen molar-refractivity contribution in [1.29, 1.82) is 0 Å². The van der Waals surface area contributed by atoms with Crippen LogP contribution >= 0.6 is 0 Å². The van der Waals surface area contributed by atoms with Crippen molar-refractivity contribution in [2.75, 3.05) is 13.6 Å². The first-order chi connectivity index (χ1) is 6.87. The molecule has 0 spiro atoms. The highest BCUT2D eigenvalue weighted by atomic mass is 16.4. The summed E-state index contributed by atoms with van der Waals surface area (Å²) in [6.07, 6.45) is 1.02. The molecule has 0 unspecified atom stereocenters. The fraction of sp³-hybridized carbons (Fsp3) is 0.600. The Balaban J connectivity index is 2.49. The lowest BCUT2D eigenvalue weighted by Crippen LogP contribution is -2.48. The van der Waals surface area contributed by atoms with Crippen LogP contribution in [0.3, 0.4) is 0 Å². The lowest BCUT2D eigenvalue weighted by Gasteiger charge is -2.20.